The third-order valence-electron chi connectivity index (χ3n) is 1.83. The molecule has 0 aliphatic rings. The summed E-state index contributed by atoms with van der Waals surface area (Å²) < 4.78 is 0. The second-order valence-corrected chi connectivity index (χ2v) is 3.71. The Morgan fingerprint density at radius 3 is 2.87 bits per heavy atom. The fraction of sp³-hybridized carbons (Fsp3) is 0. The monoisotopic (exact) mass is 220 g/mol. The average molecular weight is 220 g/mol. The molecule has 5 heteroatoms. The quantitative estimate of drug-likeness (QED) is 0.818. The number of carbonyl (C=O) groups is 1. The molecule has 4 nitrogen and oxygen atoms in total. The topological polar surface area (TPSA) is 62.2 Å². The SMILES string of the molecule is O=C(O)Nc1ccccc1-c1nccs1. The summed E-state index contributed by atoms with van der Waals surface area (Å²) in [6.45, 7) is 0. The van der Waals surface area contributed by atoms with Crippen molar-refractivity contribution >= 4 is 23.1 Å². The summed E-state index contributed by atoms with van der Waals surface area (Å²) in [5.74, 6) is 0. The first-order chi connectivity index (χ1) is 7.27. The van der Waals surface area contributed by atoms with Crippen molar-refractivity contribution in [3.8, 4) is 10.6 Å². The highest BCUT2D eigenvalue weighted by molar-refractivity contribution is 7.13. The summed E-state index contributed by atoms with van der Waals surface area (Å²) in [4.78, 5) is 14.7. The van der Waals surface area contributed by atoms with Crippen molar-refractivity contribution < 1.29 is 9.90 Å². The van der Waals surface area contributed by atoms with E-state index in [0.717, 1.165) is 10.6 Å². The molecule has 76 valence electrons. The fourth-order valence-corrected chi connectivity index (χ4v) is 1.93. The molecule has 2 aromatic rings. The molecule has 1 amide bonds. The zero-order valence-electron chi connectivity index (χ0n) is 7.68. The van der Waals surface area contributed by atoms with Crippen LogP contribution in [0.1, 0.15) is 0 Å². The van der Waals surface area contributed by atoms with E-state index in [1.165, 1.54) is 11.3 Å². The fourth-order valence-electron chi connectivity index (χ4n) is 1.25. The Bertz CT molecular complexity index is 468. The molecule has 0 atom stereocenters. The van der Waals surface area contributed by atoms with Gasteiger partial charge < -0.3 is 5.11 Å². The van der Waals surface area contributed by atoms with Gasteiger partial charge in [-0.15, -0.1) is 11.3 Å². The summed E-state index contributed by atoms with van der Waals surface area (Å²) in [5, 5.41) is 13.7. The third kappa shape index (κ3) is 2.13. The summed E-state index contributed by atoms with van der Waals surface area (Å²) in [5.41, 5.74) is 1.36. The number of nitrogens with one attached hydrogen (secondary N) is 1. The van der Waals surface area contributed by atoms with Gasteiger partial charge in [0.2, 0.25) is 0 Å². The van der Waals surface area contributed by atoms with Gasteiger partial charge in [-0.25, -0.2) is 9.78 Å². The first-order valence-corrected chi connectivity index (χ1v) is 5.14. The van der Waals surface area contributed by atoms with Crippen LogP contribution in [0.25, 0.3) is 10.6 Å². The van der Waals surface area contributed by atoms with Crippen LogP contribution in [0.15, 0.2) is 35.8 Å². The lowest BCUT2D eigenvalue weighted by Crippen LogP contribution is -2.07. The van der Waals surface area contributed by atoms with E-state index in [1.54, 1.807) is 18.3 Å². The van der Waals surface area contributed by atoms with E-state index in [2.05, 4.69) is 10.3 Å². The molecule has 0 aliphatic carbocycles. The summed E-state index contributed by atoms with van der Waals surface area (Å²) >= 11 is 1.47. The molecule has 0 aliphatic heterocycles. The van der Waals surface area contributed by atoms with Crippen LogP contribution in [-0.4, -0.2) is 16.2 Å². The largest absolute Gasteiger partial charge is 0.465 e. The van der Waals surface area contributed by atoms with E-state index in [-0.39, 0.29) is 0 Å². The molecular weight excluding hydrogens is 212 g/mol. The number of amides is 1. The normalized spacial score (nSPS) is 9.87. The number of carboxylic acid groups (broad SMARTS) is 1. The maximum Gasteiger partial charge on any atom is 0.409 e. The average Bonchev–Trinajstić information content (AvgIpc) is 2.70. The molecule has 15 heavy (non-hydrogen) atoms. The van der Waals surface area contributed by atoms with Crippen LogP contribution >= 0.6 is 11.3 Å². The van der Waals surface area contributed by atoms with Crippen molar-refractivity contribution in [2.45, 2.75) is 0 Å². The van der Waals surface area contributed by atoms with Gasteiger partial charge in [0.05, 0.1) is 5.69 Å². The smallest absolute Gasteiger partial charge is 0.409 e. The number of nitrogens with zero attached hydrogens (tertiary/aromatic N) is 1. The zero-order chi connectivity index (χ0) is 10.7. The maximum atomic E-state index is 10.6. The van der Waals surface area contributed by atoms with E-state index < -0.39 is 6.09 Å². The Kier molecular flexibility index (Phi) is 2.64. The Labute approximate surface area is 90.2 Å². The second kappa shape index (κ2) is 4.10. The van der Waals surface area contributed by atoms with Crippen molar-refractivity contribution in [1.29, 1.82) is 0 Å². The molecular formula is C10H8N2O2S. The molecule has 0 fully saturated rings. The van der Waals surface area contributed by atoms with Gasteiger partial charge in [0.1, 0.15) is 5.01 Å². The highest BCUT2D eigenvalue weighted by Crippen LogP contribution is 2.28. The molecule has 1 heterocycles. The number of hydrogen-bond donors (Lipinski definition) is 2. The summed E-state index contributed by atoms with van der Waals surface area (Å²) in [6, 6.07) is 7.18. The van der Waals surface area contributed by atoms with Gasteiger partial charge in [-0.2, -0.15) is 0 Å². The van der Waals surface area contributed by atoms with E-state index in [4.69, 9.17) is 5.11 Å². The lowest BCUT2D eigenvalue weighted by molar-refractivity contribution is 0.210. The van der Waals surface area contributed by atoms with Gasteiger partial charge in [0.25, 0.3) is 0 Å². The molecule has 2 N–H and O–H groups in total. The Balaban J connectivity index is 2.42. The standard InChI is InChI=1S/C10H8N2O2S/c13-10(14)12-8-4-2-1-3-7(8)9-11-5-6-15-9/h1-6,12H,(H,13,14). The van der Waals surface area contributed by atoms with Gasteiger partial charge in [-0.05, 0) is 12.1 Å². The molecule has 0 bridgehead atoms. The number of para-hydroxylation sites is 1. The van der Waals surface area contributed by atoms with Crippen molar-refractivity contribution in [2.24, 2.45) is 0 Å². The van der Waals surface area contributed by atoms with Crippen LogP contribution in [0.3, 0.4) is 0 Å². The molecule has 1 aromatic heterocycles. The van der Waals surface area contributed by atoms with Gasteiger partial charge in [0.15, 0.2) is 0 Å². The number of thiazole rings is 1. The highest BCUT2D eigenvalue weighted by Gasteiger charge is 2.08. The number of rotatable bonds is 2. The molecule has 0 unspecified atom stereocenters. The van der Waals surface area contributed by atoms with Crippen LogP contribution in [0.4, 0.5) is 10.5 Å². The number of hydrogen-bond acceptors (Lipinski definition) is 3. The Morgan fingerprint density at radius 2 is 2.20 bits per heavy atom. The lowest BCUT2D eigenvalue weighted by Gasteiger charge is -2.05. The molecule has 1 aromatic carbocycles. The minimum Gasteiger partial charge on any atom is -0.465 e. The first kappa shape index (κ1) is 9.67. The van der Waals surface area contributed by atoms with Gasteiger partial charge in [-0.3, -0.25) is 5.32 Å². The van der Waals surface area contributed by atoms with Crippen molar-refractivity contribution in [3.05, 3.63) is 35.8 Å². The first-order valence-electron chi connectivity index (χ1n) is 4.26. The Hall–Kier alpha value is -1.88. The van der Waals surface area contributed by atoms with E-state index in [1.807, 2.05) is 17.5 Å². The third-order valence-corrected chi connectivity index (χ3v) is 2.64. The predicted molar refractivity (Wildman–Crippen MR) is 59.2 cm³/mol. The van der Waals surface area contributed by atoms with E-state index in [0.29, 0.717) is 5.69 Å². The maximum absolute atomic E-state index is 10.6. The number of aromatic nitrogens is 1. The summed E-state index contributed by atoms with van der Waals surface area (Å²) in [7, 11) is 0. The van der Waals surface area contributed by atoms with Crippen LogP contribution in [0.5, 0.6) is 0 Å². The van der Waals surface area contributed by atoms with Gasteiger partial charge in [0, 0.05) is 17.1 Å². The molecule has 2 rings (SSSR count). The van der Waals surface area contributed by atoms with Crippen molar-refractivity contribution in [1.82, 2.24) is 4.98 Å². The number of benzene rings is 1. The minimum absolute atomic E-state index is 0.556. The van der Waals surface area contributed by atoms with E-state index in [9.17, 15) is 4.79 Å². The summed E-state index contributed by atoms with van der Waals surface area (Å²) in [6.07, 6.45) is 0.622. The van der Waals surface area contributed by atoms with Gasteiger partial charge >= 0.3 is 6.09 Å². The molecule has 0 radical (unpaired) electrons. The lowest BCUT2D eigenvalue weighted by atomic mass is 10.2. The second-order valence-electron chi connectivity index (χ2n) is 2.81. The van der Waals surface area contributed by atoms with Crippen LogP contribution in [0.2, 0.25) is 0 Å². The van der Waals surface area contributed by atoms with E-state index >= 15 is 0 Å². The number of anilines is 1. The molecule has 0 saturated heterocycles. The van der Waals surface area contributed by atoms with Crippen molar-refractivity contribution in [2.75, 3.05) is 5.32 Å². The predicted octanol–water partition coefficient (Wildman–Crippen LogP) is 2.90. The van der Waals surface area contributed by atoms with Gasteiger partial charge in [-0.1, -0.05) is 12.1 Å². The highest BCUT2D eigenvalue weighted by atomic mass is 32.1. The molecule has 0 spiro atoms. The van der Waals surface area contributed by atoms with Crippen LogP contribution < -0.4 is 5.32 Å². The minimum atomic E-state index is -1.07. The molecule has 0 saturated carbocycles. The Morgan fingerprint density at radius 1 is 1.40 bits per heavy atom. The zero-order valence-corrected chi connectivity index (χ0v) is 8.49. The van der Waals surface area contributed by atoms with Crippen LogP contribution in [-0.2, 0) is 0 Å². The van der Waals surface area contributed by atoms with Crippen molar-refractivity contribution in [3.63, 3.8) is 0 Å². The van der Waals surface area contributed by atoms with Crippen LogP contribution in [0, 0.1) is 0 Å².